The van der Waals surface area contributed by atoms with Gasteiger partial charge in [0, 0.05) is 12.6 Å². The summed E-state index contributed by atoms with van der Waals surface area (Å²) in [7, 11) is -3.92. The number of anilines is 1. The van der Waals surface area contributed by atoms with Crippen LogP contribution in [0.3, 0.4) is 0 Å². The summed E-state index contributed by atoms with van der Waals surface area (Å²) in [5.74, 6) is -1.55. The molecule has 0 aliphatic heterocycles. The third-order valence-electron chi connectivity index (χ3n) is 6.17. The number of sulfonamides is 1. The molecule has 2 aromatic carbocycles. The predicted octanol–water partition coefficient (Wildman–Crippen LogP) is 4.03. The Hall–Kier alpha value is -2.65. The number of benzene rings is 2. The van der Waals surface area contributed by atoms with Crippen LogP contribution in [0.5, 0.6) is 0 Å². The molecule has 0 saturated heterocycles. The second-order valence-corrected chi connectivity index (χ2v) is 11.4. The van der Waals surface area contributed by atoms with Gasteiger partial charge in [-0.2, -0.15) is 0 Å². The Morgan fingerprint density at radius 1 is 1.17 bits per heavy atom. The number of amides is 2. The molecule has 1 saturated carbocycles. The molecule has 2 aromatic rings. The van der Waals surface area contributed by atoms with Gasteiger partial charge in [0.1, 0.15) is 18.4 Å². The van der Waals surface area contributed by atoms with E-state index in [1.807, 2.05) is 31.2 Å². The maximum absolute atomic E-state index is 13.7. The van der Waals surface area contributed by atoms with E-state index < -0.39 is 34.3 Å². The number of carbonyl (C=O) groups excluding carboxylic acids is 2. The third-order valence-corrected chi connectivity index (χ3v) is 7.60. The van der Waals surface area contributed by atoms with Crippen LogP contribution in [0.25, 0.3) is 0 Å². The number of hydrogen-bond donors (Lipinski definition) is 1. The maximum Gasteiger partial charge on any atom is 0.244 e. The van der Waals surface area contributed by atoms with Crippen molar-refractivity contribution < 1.29 is 22.4 Å². The molecule has 35 heavy (non-hydrogen) atoms. The SMILES string of the molecule is Cc1cccc(CN(C(=O)CN(c2ccc(F)c(Cl)c2)S(C)(=O)=O)[C@H](C)C(=O)NC2CCCC2)c1. The van der Waals surface area contributed by atoms with Crippen LogP contribution >= 0.6 is 11.6 Å². The lowest BCUT2D eigenvalue weighted by Gasteiger charge is -2.32. The van der Waals surface area contributed by atoms with Gasteiger partial charge in [-0.15, -0.1) is 0 Å². The van der Waals surface area contributed by atoms with Crippen molar-refractivity contribution in [3.8, 4) is 0 Å². The normalized spacial score (nSPS) is 15.0. The van der Waals surface area contributed by atoms with Crippen molar-refractivity contribution in [2.75, 3.05) is 17.1 Å². The Morgan fingerprint density at radius 3 is 2.46 bits per heavy atom. The Balaban J connectivity index is 1.89. The van der Waals surface area contributed by atoms with Crippen LogP contribution in [0, 0.1) is 12.7 Å². The largest absolute Gasteiger partial charge is 0.352 e. The van der Waals surface area contributed by atoms with Gasteiger partial charge in [-0.3, -0.25) is 13.9 Å². The average Bonchev–Trinajstić information content (AvgIpc) is 3.29. The van der Waals surface area contributed by atoms with Crippen LogP contribution in [0.15, 0.2) is 42.5 Å². The molecule has 10 heteroatoms. The monoisotopic (exact) mass is 523 g/mol. The summed E-state index contributed by atoms with van der Waals surface area (Å²) in [5.41, 5.74) is 1.87. The molecule has 0 radical (unpaired) electrons. The van der Waals surface area contributed by atoms with Gasteiger partial charge in [0.05, 0.1) is 17.0 Å². The number of carbonyl (C=O) groups is 2. The molecule has 1 aliphatic rings. The summed E-state index contributed by atoms with van der Waals surface area (Å²) in [6, 6.07) is 10.2. The maximum atomic E-state index is 13.7. The molecule has 2 amide bonds. The minimum Gasteiger partial charge on any atom is -0.352 e. The Bertz CT molecular complexity index is 1180. The quantitative estimate of drug-likeness (QED) is 0.537. The molecule has 190 valence electrons. The smallest absolute Gasteiger partial charge is 0.244 e. The number of aryl methyl sites for hydroxylation is 1. The summed E-state index contributed by atoms with van der Waals surface area (Å²) < 4.78 is 39.7. The molecule has 0 bridgehead atoms. The van der Waals surface area contributed by atoms with Gasteiger partial charge in [0.25, 0.3) is 0 Å². The summed E-state index contributed by atoms with van der Waals surface area (Å²) in [4.78, 5) is 27.9. The topological polar surface area (TPSA) is 86.8 Å². The van der Waals surface area contributed by atoms with Gasteiger partial charge < -0.3 is 10.2 Å². The molecule has 3 rings (SSSR count). The number of rotatable bonds is 9. The number of halogens is 2. The first-order valence-corrected chi connectivity index (χ1v) is 13.8. The van der Waals surface area contributed by atoms with Gasteiger partial charge in [-0.25, -0.2) is 12.8 Å². The molecular formula is C25H31ClFN3O4S. The van der Waals surface area contributed by atoms with E-state index in [0.717, 1.165) is 59.5 Å². The first-order chi connectivity index (χ1) is 16.5. The molecule has 1 N–H and O–H groups in total. The third kappa shape index (κ3) is 7.18. The fourth-order valence-electron chi connectivity index (χ4n) is 4.24. The van der Waals surface area contributed by atoms with Crippen LogP contribution in [-0.2, 0) is 26.2 Å². The summed E-state index contributed by atoms with van der Waals surface area (Å²) in [6.07, 6.45) is 4.86. The van der Waals surface area contributed by atoms with E-state index in [-0.39, 0.29) is 29.2 Å². The van der Waals surface area contributed by atoms with Crippen molar-refractivity contribution in [1.29, 1.82) is 0 Å². The van der Waals surface area contributed by atoms with Gasteiger partial charge >= 0.3 is 0 Å². The lowest BCUT2D eigenvalue weighted by Crippen LogP contribution is -2.52. The van der Waals surface area contributed by atoms with Crippen molar-refractivity contribution >= 4 is 39.1 Å². The second-order valence-electron chi connectivity index (χ2n) is 9.04. The highest BCUT2D eigenvalue weighted by molar-refractivity contribution is 7.92. The minimum atomic E-state index is -3.92. The van der Waals surface area contributed by atoms with E-state index in [9.17, 15) is 22.4 Å². The minimum absolute atomic E-state index is 0.0609. The molecule has 0 spiro atoms. The first-order valence-electron chi connectivity index (χ1n) is 11.5. The summed E-state index contributed by atoms with van der Waals surface area (Å²) >= 11 is 5.86. The molecule has 0 aromatic heterocycles. The zero-order valence-corrected chi connectivity index (χ0v) is 21.7. The lowest BCUT2D eigenvalue weighted by molar-refractivity contribution is -0.139. The van der Waals surface area contributed by atoms with Gasteiger partial charge in [0.2, 0.25) is 21.8 Å². The van der Waals surface area contributed by atoms with Crippen molar-refractivity contribution in [3.63, 3.8) is 0 Å². The summed E-state index contributed by atoms with van der Waals surface area (Å²) in [5, 5.41) is 2.76. The molecule has 1 aliphatic carbocycles. The number of hydrogen-bond acceptors (Lipinski definition) is 4. The summed E-state index contributed by atoms with van der Waals surface area (Å²) in [6.45, 7) is 3.13. The molecule has 1 fully saturated rings. The van der Waals surface area contributed by atoms with Crippen LogP contribution in [0.1, 0.15) is 43.7 Å². The highest BCUT2D eigenvalue weighted by atomic mass is 35.5. The molecule has 0 unspecified atom stereocenters. The van der Waals surface area contributed by atoms with E-state index in [1.165, 1.54) is 11.0 Å². The van der Waals surface area contributed by atoms with Gasteiger partial charge in [0.15, 0.2) is 0 Å². The Labute approximate surface area is 211 Å². The van der Waals surface area contributed by atoms with Crippen molar-refractivity contribution in [1.82, 2.24) is 10.2 Å². The van der Waals surface area contributed by atoms with Crippen LogP contribution in [0.2, 0.25) is 5.02 Å². The fourth-order valence-corrected chi connectivity index (χ4v) is 5.25. The zero-order valence-electron chi connectivity index (χ0n) is 20.1. The Kier molecular flexibility index (Phi) is 8.77. The molecule has 7 nitrogen and oxygen atoms in total. The van der Waals surface area contributed by atoms with E-state index in [0.29, 0.717) is 0 Å². The van der Waals surface area contributed by atoms with E-state index in [4.69, 9.17) is 11.6 Å². The molecule has 1 atom stereocenters. The zero-order chi connectivity index (χ0) is 25.8. The van der Waals surface area contributed by atoms with Crippen molar-refractivity contribution in [2.45, 2.75) is 58.2 Å². The highest BCUT2D eigenvalue weighted by Gasteiger charge is 2.31. The van der Waals surface area contributed by atoms with Crippen molar-refractivity contribution in [2.24, 2.45) is 0 Å². The van der Waals surface area contributed by atoms with E-state index in [1.54, 1.807) is 6.92 Å². The Morgan fingerprint density at radius 2 is 1.86 bits per heavy atom. The van der Waals surface area contributed by atoms with Crippen LogP contribution in [0.4, 0.5) is 10.1 Å². The highest BCUT2D eigenvalue weighted by Crippen LogP contribution is 2.25. The van der Waals surface area contributed by atoms with Crippen LogP contribution < -0.4 is 9.62 Å². The van der Waals surface area contributed by atoms with E-state index >= 15 is 0 Å². The van der Waals surface area contributed by atoms with E-state index in [2.05, 4.69) is 5.32 Å². The molecular weight excluding hydrogens is 493 g/mol. The second kappa shape index (κ2) is 11.4. The number of nitrogens with zero attached hydrogens (tertiary/aromatic N) is 2. The number of nitrogens with one attached hydrogen (secondary N) is 1. The lowest BCUT2D eigenvalue weighted by atomic mass is 10.1. The fraction of sp³-hybridized carbons (Fsp3) is 0.440. The van der Waals surface area contributed by atoms with Gasteiger partial charge in [-0.1, -0.05) is 54.3 Å². The van der Waals surface area contributed by atoms with Crippen molar-refractivity contribution in [3.05, 3.63) is 64.4 Å². The predicted molar refractivity (Wildman–Crippen MR) is 135 cm³/mol. The standard InChI is InChI=1S/C25H31ClFN3O4S/c1-17-7-6-8-19(13-17)15-29(18(2)25(32)28-20-9-4-5-10-20)24(31)16-30(35(3,33)34)21-11-12-23(27)22(26)14-21/h6-8,11-14,18,20H,4-5,9-10,15-16H2,1-3H3,(H,28,32)/t18-/m1/s1. The molecule has 0 heterocycles. The average molecular weight is 524 g/mol. The van der Waals surface area contributed by atoms with Crippen LogP contribution in [-0.4, -0.2) is 50.0 Å². The first kappa shape index (κ1) is 26.9. The van der Waals surface area contributed by atoms with Gasteiger partial charge in [-0.05, 0) is 50.5 Å².